The fraction of sp³-hybridized carbons (Fsp3) is 0.444. The number of ether oxygens (including phenoxy) is 1. The number of hydrogen-bond donors (Lipinski definition) is 1. The minimum atomic E-state index is 0.335. The quantitative estimate of drug-likeness (QED) is 0.718. The molecule has 1 aromatic heterocycles. The molecule has 2 rings (SSSR count). The Morgan fingerprint density at radius 2 is 2.38 bits per heavy atom. The Bertz CT molecular complexity index is 297. The average molecular weight is 179 g/mol. The SMILES string of the molecule is COC1CN(c2ncccc2N)C1. The first-order valence-electron chi connectivity index (χ1n) is 4.29. The lowest BCUT2D eigenvalue weighted by atomic mass is 10.1. The molecule has 4 nitrogen and oxygen atoms in total. The molecule has 2 heterocycles. The van der Waals surface area contributed by atoms with Crippen molar-refractivity contribution in [2.45, 2.75) is 6.10 Å². The first kappa shape index (κ1) is 8.31. The second-order valence-corrected chi connectivity index (χ2v) is 3.18. The molecule has 1 saturated heterocycles. The predicted octanol–water partition coefficient (Wildman–Crippen LogP) is 0.499. The molecule has 0 bridgehead atoms. The Kier molecular flexibility index (Phi) is 2.06. The maximum absolute atomic E-state index is 5.77. The Labute approximate surface area is 77.3 Å². The minimum Gasteiger partial charge on any atom is -0.396 e. The zero-order chi connectivity index (χ0) is 9.26. The van der Waals surface area contributed by atoms with Crippen LogP contribution in [-0.4, -0.2) is 31.3 Å². The van der Waals surface area contributed by atoms with Crippen molar-refractivity contribution in [3.63, 3.8) is 0 Å². The van der Waals surface area contributed by atoms with Crippen LogP contribution >= 0.6 is 0 Å². The van der Waals surface area contributed by atoms with Crippen molar-refractivity contribution in [2.75, 3.05) is 30.8 Å². The number of methoxy groups -OCH3 is 1. The molecule has 0 saturated carbocycles. The fourth-order valence-corrected chi connectivity index (χ4v) is 1.43. The molecule has 70 valence electrons. The summed E-state index contributed by atoms with van der Waals surface area (Å²) in [6.45, 7) is 1.77. The van der Waals surface area contributed by atoms with Crippen molar-refractivity contribution < 1.29 is 4.74 Å². The molecule has 0 aromatic carbocycles. The summed E-state index contributed by atoms with van der Waals surface area (Å²) in [6, 6.07) is 3.70. The van der Waals surface area contributed by atoms with E-state index in [0.717, 1.165) is 24.6 Å². The number of rotatable bonds is 2. The summed E-state index contributed by atoms with van der Waals surface area (Å²) >= 11 is 0. The van der Waals surface area contributed by atoms with Crippen molar-refractivity contribution in [2.24, 2.45) is 0 Å². The van der Waals surface area contributed by atoms with Crippen molar-refractivity contribution in [3.8, 4) is 0 Å². The van der Waals surface area contributed by atoms with Crippen molar-refractivity contribution in [1.82, 2.24) is 4.98 Å². The lowest BCUT2D eigenvalue weighted by Gasteiger charge is -2.39. The number of nitrogens with two attached hydrogens (primary N) is 1. The number of nitrogen functional groups attached to an aromatic ring is 1. The molecule has 0 atom stereocenters. The van der Waals surface area contributed by atoms with Gasteiger partial charge in [0, 0.05) is 26.4 Å². The number of pyridine rings is 1. The highest BCUT2D eigenvalue weighted by atomic mass is 16.5. The third kappa shape index (κ3) is 1.45. The Balaban J connectivity index is 2.07. The molecule has 0 unspecified atom stereocenters. The van der Waals surface area contributed by atoms with Crippen molar-refractivity contribution >= 4 is 11.5 Å². The van der Waals surface area contributed by atoms with Gasteiger partial charge < -0.3 is 15.4 Å². The third-order valence-corrected chi connectivity index (χ3v) is 2.30. The molecule has 0 aliphatic carbocycles. The highest BCUT2D eigenvalue weighted by molar-refractivity contribution is 5.63. The van der Waals surface area contributed by atoms with E-state index in [-0.39, 0.29) is 0 Å². The minimum absolute atomic E-state index is 0.335. The lowest BCUT2D eigenvalue weighted by molar-refractivity contribution is 0.0784. The third-order valence-electron chi connectivity index (χ3n) is 2.30. The molecule has 1 aromatic rings. The van der Waals surface area contributed by atoms with E-state index in [1.807, 2.05) is 12.1 Å². The number of hydrogen-bond acceptors (Lipinski definition) is 4. The van der Waals surface area contributed by atoms with Gasteiger partial charge in [-0.1, -0.05) is 0 Å². The lowest BCUT2D eigenvalue weighted by Crippen LogP contribution is -2.52. The van der Waals surface area contributed by atoms with Crippen LogP contribution in [0.2, 0.25) is 0 Å². The summed E-state index contributed by atoms with van der Waals surface area (Å²) in [4.78, 5) is 6.33. The zero-order valence-corrected chi connectivity index (χ0v) is 7.60. The van der Waals surface area contributed by atoms with Gasteiger partial charge in [0.15, 0.2) is 5.82 Å². The van der Waals surface area contributed by atoms with E-state index in [9.17, 15) is 0 Å². The first-order chi connectivity index (χ1) is 6.31. The molecular formula is C9H13N3O. The van der Waals surface area contributed by atoms with Gasteiger partial charge in [-0.3, -0.25) is 0 Å². The van der Waals surface area contributed by atoms with Crippen molar-refractivity contribution in [3.05, 3.63) is 18.3 Å². The van der Waals surface area contributed by atoms with Crippen LogP contribution in [0.25, 0.3) is 0 Å². The molecule has 2 N–H and O–H groups in total. The maximum Gasteiger partial charge on any atom is 0.151 e. The highest BCUT2D eigenvalue weighted by Crippen LogP contribution is 2.24. The number of anilines is 2. The van der Waals surface area contributed by atoms with Gasteiger partial charge in [0.2, 0.25) is 0 Å². The highest BCUT2D eigenvalue weighted by Gasteiger charge is 2.28. The van der Waals surface area contributed by atoms with E-state index in [4.69, 9.17) is 10.5 Å². The van der Waals surface area contributed by atoms with Crippen LogP contribution in [0.3, 0.4) is 0 Å². The largest absolute Gasteiger partial charge is 0.396 e. The molecule has 4 heteroatoms. The Hall–Kier alpha value is -1.29. The topological polar surface area (TPSA) is 51.4 Å². The van der Waals surface area contributed by atoms with Crippen LogP contribution in [0.4, 0.5) is 11.5 Å². The molecule has 0 amide bonds. The van der Waals surface area contributed by atoms with E-state index in [1.165, 1.54) is 0 Å². The van der Waals surface area contributed by atoms with E-state index in [2.05, 4.69) is 9.88 Å². The fourth-order valence-electron chi connectivity index (χ4n) is 1.43. The normalized spacial score (nSPS) is 17.2. The maximum atomic E-state index is 5.77. The van der Waals surface area contributed by atoms with Crippen LogP contribution in [0.5, 0.6) is 0 Å². The number of nitrogens with zero attached hydrogens (tertiary/aromatic N) is 2. The van der Waals surface area contributed by atoms with Crippen LogP contribution in [-0.2, 0) is 4.74 Å². The van der Waals surface area contributed by atoms with Gasteiger partial charge in [-0.05, 0) is 12.1 Å². The van der Waals surface area contributed by atoms with E-state index < -0.39 is 0 Å². The summed E-state index contributed by atoms with van der Waals surface area (Å²) in [5.41, 5.74) is 6.51. The average Bonchev–Trinajstić information content (AvgIpc) is 2.06. The summed E-state index contributed by atoms with van der Waals surface area (Å²) in [6.07, 6.45) is 2.09. The molecule has 13 heavy (non-hydrogen) atoms. The summed E-state index contributed by atoms with van der Waals surface area (Å²) in [7, 11) is 1.73. The van der Waals surface area contributed by atoms with Gasteiger partial charge in [-0.2, -0.15) is 0 Å². The summed E-state index contributed by atoms with van der Waals surface area (Å²) < 4.78 is 5.17. The smallest absolute Gasteiger partial charge is 0.151 e. The van der Waals surface area contributed by atoms with Crippen LogP contribution in [0, 0.1) is 0 Å². The Morgan fingerprint density at radius 1 is 1.62 bits per heavy atom. The first-order valence-corrected chi connectivity index (χ1v) is 4.29. The molecule has 1 aliphatic heterocycles. The van der Waals surface area contributed by atoms with E-state index in [1.54, 1.807) is 13.3 Å². The molecule has 1 aliphatic rings. The molecule has 0 spiro atoms. The second-order valence-electron chi connectivity index (χ2n) is 3.18. The monoisotopic (exact) mass is 179 g/mol. The zero-order valence-electron chi connectivity index (χ0n) is 7.60. The summed E-state index contributed by atoms with van der Waals surface area (Å²) in [5.74, 6) is 0.871. The molecule has 1 fully saturated rings. The van der Waals surface area contributed by atoms with Gasteiger partial charge in [-0.15, -0.1) is 0 Å². The standard InChI is InChI=1S/C9H13N3O/c1-13-7-5-12(6-7)9-8(10)3-2-4-11-9/h2-4,7H,5-6,10H2,1H3. The predicted molar refractivity (Wildman–Crippen MR) is 51.7 cm³/mol. The van der Waals surface area contributed by atoms with Crippen LogP contribution < -0.4 is 10.6 Å². The van der Waals surface area contributed by atoms with Crippen molar-refractivity contribution in [1.29, 1.82) is 0 Å². The second kappa shape index (κ2) is 3.22. The van der Waals surface area contributed by atoms with E-state index >= 15 is 0 Å². The van der Waals surface area contributed by atoms with Gasteiger partial charge in [0.1, 0.15) is 0 Å². The molecular weight excluding hydrogens is 166 g/mol. The van der Waals surface area contributed by atoms with Gasteiger partial charge in [-0.25, -0.2) is 4.98 Å². The number of aromatic nitrogens is 1. The Morgan fingerprint density at radius 3 is 3.00 bits per heavy atom. The summed E-state index contributed by atoms with van der Waals surface area (Å²) in [5, 5.41) is 0. The van der Waals surface area contributed by atoms with Crippen LogP contribution in [0.1, 0.15) is 0 Å². The van der Waals surface area contributed by atoms with Crippen LogP contribution in [0.15, 0.2) is 18.3 Å². The van der Waals surface area contributed by atoms with Gasteiger partial charge in [0.05, 0.1) is 11.8 Å². The van der Waals surface area contributed by atoms with Gasteiger partial charge in [0.25, 0.3) is 0 Å². The van der Waals surface area contributed by atoms with Gasteiger partial charge >= 0.3 is 0 Å². The molecule has 0 radical (unpaired) electrons. The van der Waals surface area contributed by atoms with E-state index in [0.29, 0.717) is 6.10 Å².